The molecule has 1 aliphatic heterocycles. The zero-order chi connectivity index (χ0) is 25.5. The summed E-state index contributed by atoms with van der Waals surface area (Å²) in [6.07, 6.45) is 1.29. The Morgan fingerprint density at radius 1 is 1.14 bits per heavy atom. The third-order valence-electron chi connectivity index (χ3n) is 6.40. The van der Waals surface area contributed by atoms with E-state index in [4.69, 9.17) is 9.47 Å². The molecule has 1 aliphatic rings. The Balaban J connectivity index is 1.54. The van der Waals surface area contributed by atoms with Crippen LogP contribution in [0.5, 0.6) is 5.75 Å². The van der Waals surface area contributed by atoms with E-state index in [0.29, 0.717) is 26.2 Å². The minimum Gasteiger partial charge on any atom is -0.491 e. The second-order valence-corrected chi connectivity index (χ2v) is 9.78. The fourth-order valence-corrected chi connectivity index (χ4v) is 5.40. The van der Waals surface area contributed by atoms with Crippen LogP contribution in [0, 0.1) is 12.7 Å². The average molecular weight is 511 g/mol. The van der Waals surface area contributed by atoms with E-state index in [9.17, 15) is 14.0 Å². The molecular formula is C28H31FN2O4S. The van der Waals surface area contributed by atoms with Gasteiger partial charge in [-0.15, -0.1) is 11.3 Å². The third-order valence-corrected chi connectivity index (χ3v) is 7.40. The minimum atomic E-state index is -0.600. The lowest BCUT2D eigenvalue weighted by Crippen LogP contribution is -2.48. The summed E-state index contributed by atoms with van der Waals surface area (Å²) in [4.78, 5) is 31.3. The van der Waals surface area contributed by atoms with Gasteiger partial charge in [0.05, 0.1) is 11.6 Å². The summed E-state index contributed by atoms with van der Waals surface area (Å²) in [5.74, 6) is -0.508. The van der Waals surface area contributed by atoms with Crippen LogP contribution < -0.4 is 4.74 Å². The van der Waals surface area contributed by atoms with Crippen LogP contribution in [-0.4, -0.2) is 61.6 Å². The quantitative estimate of drug-likeness (QED) is 0.365. The largest absolute Gasteiger partial charge is 0.491 e. The normalized spacial score (nSPS) is 14.9. The van der Waals surface area contributed by atoms with Gasteiger partial charge in [0, 0.05) is 31.7 Å². The molecule has 0 aliphatic carbocycles. The smallest absolute Gasteiger partial charge is 0.257 e. The predicted molar refractivity (Wildman–Crippen MR) is 138 cm³/mol. The monoisotopic (exact) mass is 510 g/mol. The zero-order valence-electron chi connectivity index (χ0n) is 20.6. The van der Waals surface area contributed by atoms with E-state index in [1.165, 1.54) is 28.0 Å². The summed E-state index contributed by atoms with van der Waals surface area (Å²) < 4.78 is 25.7. The van der Waals surface area contributed by atoms with Gasteiger partial charge in [0.1, 0.15) is 24.7 Å². The first kappa shape index (κ1) is 25.9. The summed E-state index contributed by atoms with van der Waals surface area (Å²) in [5, 5.41) is 2.04. The van der Waals surface area contributed by atoms with Crippen molar-refractivity contribution < 1.29 is 23.5 Å². The van der Waals surface area contributed by atoms with E-state index < -0.39 is 11.7 Å². The number of carbonyl (C=O) groups excluding carboxylic acids is 2. The molecule has 3 aromatic rings. The van der Waals surface area contributed by atoms with Crippen molar-refractivity contribution in [1.29, 1.82) is 0 Å². The number of carbonyl (C=O) groups is 2. The van der Waals surface area contributed by atoms with Crippen molar-refractivity contribution in [3.05, 3.63) is 87.4 Å². The number of halogens is 1. The van der Waals surface area contributed by atoms with Crippen molar-refractivity contribution in [1.82, 2.24) is 9.80 Å². The van der Waals surface area contributed by atoms with Crippen molar-refractivity contribution in [3.63, 3.8) is 0 Å². The van der Waals surface area contributed by atoms with Gasteiger partial charge in [0.25, 0.3) is 5.91 Å². The van der Waals surface area contributed by atoms with Crippen LogP contribution in [0.3, 0.4) is 0 Å². The number of amides is 2. The second kappa shape index (κ2) is 12.1. The highest BCUT2D eigenvalue weighted by Gasteiger charge is 2.34. The Kier molecular flexibility index (Phi) is 8.72. The van der Waals surface area contributed by atoms with E-state index in [0.717, 1.165) is 23.3 Å². The summed E-state index contributed by atoms with van der Waals surface area (Å²) >= 11 is 1.69. The molecule has 1 aromatic heterocycles. The molecule has 36 heavy (non-hydrogen) atoms. The summed E-state index contributed by atoms with van der Waals surface area (Å²) in [6.45, 7) is 3.41. The number of para-hydroxylation sites is 1. The fraction of sp³-hybridized carbons (Fsp3) is 0.357. The molecule has 2 amide bonds. The van der Waals surface area contributed by atoms with Crippen LogP contribution in [-0.2, 0) is 16.0 Å². The van der Waals surface area contributed by atoms with Crippen LogP contribution in [0.2, 0.25) is 0 Å². The van der Waals surface area contributed by atoms with Gasteiger partial charge >= 0.3 is 0 Å². The molecule has 1 atom stereocenters. The summed E-state index contributed by atoms with van der Waals surface area (Å²) in [6, 6.07) is 15.4. The van der Waals surface area contributed by atoms with Gasteiger partial charge < -0.3 is 19.3 Å². The molecule has 2 heterocycles. The number of rotatable bonds is 10. The number of methoxy groups -OCH3 is 1. The number of fused-ring (bicyclic) bond motifs is 1. The van der Waals surface area contributed by atoms with Crippen molar-refractivity contribution in [3.8, 4) is 5.75 Å². The standard InChI is InChI=1S/C28H31FN2O4S/c1-20-8-3-6-11-25(20)35-19-24-22-13-17-36-26(22)12-15-31(24)27(32)18-30(14-7-16-34-2)28(33)21-9-4-5-10-23(21)29/h3-6,8-11,13,17,24H,7,12,14-16,18-19H2,1-2H3/t24-/m1/s1. The summed E-state index contributed by atoms with van der Waals surface area (Å²) in [7, 11) is 1.58. The molecule has 6 nitrogen and oxygen atoms in total. The van der Waals surface area contributed by atoms with Crippen molar-refractivity contribution in [2.75, 3.05) is 40.0 Å². The topological polar surface area (TPSA) is 59.1 Å². The first-order valence-corrected chi connectivity index (χ1v) is 12.9. The predicted octanol–water partition coefficient (Wildman–Crippen LogP) is 4.88. The van der Waals surface area contributed by atoms with Crippen LogP contribution >= 0.6 is 11.3 Å². The maximum Gasteiger partial charge on any atom is 0.257 e. The lowest BCUT2D eigenvalue weighted by atomic mass is 10.00. The Morgan fingerprint density at radius 3 is 2.69 bits per heavy atom. The molecule has 0 bridgehead atoms. The average Bonchev–Trinajstić information content (AvgIpc) is 3.37. The van der Waals surface area contributed by atoms with Gasteiger partial charge in [0.2, 0.25) is 5.91 Å². The van der Waals surface area contributed by atoms with Crippen LogP contribution in [0.25, 0.3) is 0 Å². The molecule has 4 rings (SSSR count). The highest BCUT2D eigenvalue weighted by molar-refractivity contribution is 7.10. The van der Waals surface area contributed by atoms with Crippen LogP contribution in [0.4, 0.5) is 4.39 Å². The molecule has 0 unspecified atom stereocenters. The number of ether oxygens (including phenoxy) is 2. The second-order valence-electron chi connectivity index (χ2n) is 8.78. The van der Waals surface area contributed by atoms with E-state index >= 15 is 0 Å². The molecule has 8 heteroatoms. The Bertz CT molecular complexity index is 1200. The SMILES string of the molecule is COCCCN(CC(=O)N1CCc2sccc2[C@H]1COc1ccccc1C)C(=O)c1ccccc1F. The molecule has 190 valence electrons. The first-order valence-electron chi connectivity index (χ1n) is 12.1. The molecule has 0 radical (unpaired) electrons. The Hall–Kier alpha value is -3.23. The van der Waals surface area contributed by atoms with E-state index in [1.807, 2.05) is 42.6 Å². The van der Waals surface area contributed by atoms with E-state index in [2.05, 4.69) is 0 Å². The Morgan fingerprint density at radius 2 is 1.92 bits per heavy atom. The van der Waals surface area contributed by atoms with Crippen molar-refractivity contribution >= 4 is 23.2 Å². The number of hydrogen-bond acceptors (Lipinski definition) is 5. The number of aryl methyl sites for hydroxylation is 1. The summed E-state index contributed by atoms with van der Waals surface area (Å²) in [5.41, 5.74) is 2.07. The van der Waals surface area contributed by atoms with E-state index in [-0.39, 0.29) is 30.6 Å². The molecule has 0 saturated heterocycles. The number of nitrogens with zero attached hydrogens (tertiary/aromatic N) is 2. The van der Waals surface area contributed by atoms with Crippen molar-refractivity contribution in [2.45, 2.75) is 25.8 Å². The molecule has 0 N–H and O–H groups in total. The minimum absolute atomic E-state index is 0.0408. The maximum absolute atomic E-state index is 14.4. The van der Waals surface area contributed by atoms with Crippen molar-refractivity contribution in [2.24, 2.45) is 0 Å². The highest BCUT2D eigenvalue weighted by Crippen LogP contribution is 2.34. The van der Waals surface area contributed by atoms with Gasteiger partial charge in [-0.3, -0.25) is 9.59 Å². The van der Waals surface area contributed by atoms with Crippen LogP contribution in [0.15, 0.2) is 60.0 Å². The first-order chi connectivity index (χ1) is 17.5. The number of hydrogen-bond donors (Lipinski definition) is 0. The van der Waals surface area contributed by atoms with Gasteiger partial charge in [-0.05, 0) is 60.5 Å². The molecular weight excluding hydrogens is 479 g/mol. The Labute approximate surface area is 215 Å². The zero-order valence-corrected chi connectivity index (χ0v) is 21.4. The lowest BCUT2D eigenvalue weighted by Gasteiger charge is -2.37. The molecule has 0 fully saturated rings. The fourth-order valence-electron chi connectivity index (χ4n) is 4.47. The number of benzene rings is 2. The van der Waals surface area contributed by atoms with Gasteiger partial charge in [-0.25, -0.2) is 4.39 Å². The third kappa shape index (κ3) is 5.94. The van der Waals surface area contributed by atoms with Crippen LogP contribution in [0.1, 0.15) is 38.8 Å². The highest BCUT2D eigenvalue weighted by atomic mass is 32.1. The maximum atomic E-state index is 14.4. The van der Waals surface area contributed by atoms with E-state index in [1.54, 1.807) is 29.4 Å². The van der Waals surface area contributed by atoms with Gasteiger partial charge in [0.15, 0.2) is 0 Å². The lowest BCUT2D eigenvalue weighted by molar-refractivity contribution is -0.135. The number of thiophene rings is 1. The molecule has 0 saturated carbocycles. The van der Waals surface area contributed by atoms with Gasteiger partial charge in [-0.2, -0.15) is 0 Å². The van der Waals surface area contributed by atoms with Gasteiger partial charge in [-0.1, -0.05) is 30.3 Å². The molecule has 2 aromatic carbocycles. The molecule has 0 spiro atoms.